The Labute approximate surface area is 99.6 Å². The average Bonchev–Trinajstić information content (AvgIpc) is 2.34. The zero-order valence-electron chi connectivity index (χ0n) is 9.23. The van der Waals surface area contributed by atoms with Crippen LogP contribution in [0.1, 0.15) is 27.1 Å². The van der Waals surface area contributed by atoms with Crippen LogP contribution in [0.25, 0.3) is 0 Å². The first-order valence-corrected chi connectivity index (χ1v) is 6.50. The molecule has 0 saturated carbocycles. The van der Waals surface area contributed by atoms with Crippen LogP contribution < -0.4 is 5.32 Å². The molecule has 0 atom stereocenters. The summed E-state index contributed by atoms with van der Waals surface area (Å²) in [5.74, 6) is 0.846. The van der Waals surface area contributed by atoms with Gasteiger partial charge in [-0.1, -0.05) is 18.2 Å². The Kier molecular flexibility index (Phi) is 5.64. The van der Waals surface area contributed by atoms with Gasteiger partial charge in [0.25, 0.3) is 5.91 Å². The molecule has 0 fully saturated rings. The van der Waals surface area contributed by atoms with E-state index in [4.69, 9.17) is 0 Å². The predicted octanol–water partition coefficient (Wildman–Crippen LogP) is 1.98. The number of amides is 1. The maximum absolute atomic E-state index is 11.7. The number of hydrogen-bond acceptors (Lipinski definition) is 3. The van der Waals surface area contributed by atoms with Crippen molar-refractivity contribution < 1.29 is 9.59 Å². The van der Waals surface area contributed by atoms with Crippen molar-refractivity contribution in [2.45, 2.75) is 6.42 Å². The van der Waals surface area contributed by atoms with Crippen molar-refractivity contribution in [2.75, 3.05) is 18.6 Å². The summed E-state index contributed by atoms with van der Waals surface area (Å²) in [6.45, 7) is 0.646. The lowest BCUT2D eigenvalue weighted by Gasteiger charge is -2.06. The van der Waals surface area contributed by atoms with Crippen LogP contribution in [0.5, 0.6) is 0 Å². The van der Waals surface area contributed by atoms with Crippen LogP contribution in [-0.4, -0.2) is 30.7 Å². The normalized spacial score (nSPS) is 9.81. The highest BCUT2D eigenvalue weighted by atomic mass is 32.2. The minimum absolute atomic E-state index is 0.177. The molecule has 1 N–H and O–H groups in total. The van der Waals surface area contributed by atoms with Crippen molar-refractivity contribution in [3.8, 4) is 0 Å². The van der Waals surface area contributed by atoms with Crippen molar-refractivity contribution in [2.24, 2.45) is 0 Å². The highest BCUT2D eigenvalue weighted by Gasteiger charge is 2.08. The number of benzene rings is 1. The Balaban J connectivity index is 2.55. The molecule has 3 nitrogen and oxygen atoms in total. The van der Waals surface area contributed by atoms with E-state index in [2.05, 4.69) is 5.32 Å². The van der Waals surface area contributed by atoms with Gasteiger partial charge in [-0.15, -0.1) is 0 Å². The van der Waals surface area contributed by atoms with Gasteiger partial charge in [0, 0.05) is 17.7 Å². The van der Waals surface area contributed by atoms with Crippen LogP contribution in [0.4, 0.5) is 0 Å². The van der Waals surface area contributed by atoms with E-state index in [1.54, 1.807) is 36.0 Å². The summed E-state index contributed by atoms with van der Waals surface area (Å²) >= 11 is 1.75. The van der Waals surface area contributed by atoms with Crippen LogP contribution in [-0.2, 0) is 0 Å². The highest BCUT2D eigenvalue weighted by molar-refractivity contribution is 7.98. The van der Waals surface area contributed by atoms with E-state index in [1.807, 2.05) is 6.26 Å². The molecule has 0 aliphatic carbocycles. The number of thioether (sulfide) groups is 1. The second-order valence-electron chi connectivity index (χ2n) is 3.31. The molecule has 0 bridgehead atoms. The molecule has 0 radical (unpaired) electrons. The predicted molar refractivity (Wildman–Crippen MR) is 67.2 cm³/mol. The topological polar surface area (TPSA) is 46.2 Å². The smallest absolute Gasteiger partial charge is 0.252 e. The van der Waals surface area contributed by atoms with Crippen LogP contribution in [0.3, 0.4) is 0 Å². The lowest BCUT2D eigenvalue weighted by Crippen LogP contribution is -2.25. The molecule has 4 heteroatoms. The summed E-state index contributed by atoms with van der Waals surface area (Å²) in [5.41, 5.74) is 0.881. The Morgan fingerprint density at radius 1 is 1.44 bits per heavy atom. The molecular weight excluding hydrogens is 222 g/mol. The Morgan fingerprint density at radius 3 is 2.88 bits per heavy atom. The molecule has 0 saturated heterocycles. The first kappa shape index (κ1) is 12.8. The first-order chi connectivity index (χ1) is 7.79. The number of nitrogens with one attached hydrogen (secondary N) is 1. The SMILES string of the molecule is CSCCCNC(=O)c1ccccc1C=O. The van der Waals surface area contributed by atoms with E-state index >= 15 is 0 Å². The fourth-order valence-corrected chi connectivity index (χ4v) is 1.75. The van der Waals surface area contributed by atoms with E-state index in [9.17, 15) is 9.59 Å². The Hall–Kier alpha value is -1.29. The zero-order chi connectivity index (χ0) is 11.8. The molecule has 0 aliphatic rings. The van der Waals surface area contributed by atoms with E-state index in [0.717, 1.165) is 12.2 Å². The molecule has 0 spiro atoms. The van der Waals surface area contributed by atoms with Gasteiger partial charge in [-0.05, 0) is 24.5 Å². The monoisotopic (exact) mass is 237 g/mol. The summed E-state index contributed by atoms with van der Waals surface area (Å²) in [4.78, 5) is 22.4. The number of carbonyl (C=O) groups excluding carboxylic acids is 2. The Bertz CT molecular complexity index is 366. The van der Waals surface area contributed by atoms with Gasteiger partial charge < -0.3 is 5.32 Å². The molecule has 16 heavy (non-hydrogen) atoms. The van der Waals surface area contributed by atoms with Gasteiger partial charge in [-0.25, -0.2) is 0 Å². The van der Waals surface area contributed by atoms with E-state index < -0.39 is 0 Å². The third-order valence-electron chi connectivity index (χ3n) is 2.14. The second-order valence-corrected chi connectivity index (χ2v) is 4.29. The van der Waals surface area contributed by atoms with Crippen molar-refractivity contribution in [1.82, 2.24) is 5.32 Å². The van der Waals surface area contributed by atoms with Gasteiger partial charge in [0.05, 0.1) is 0 Å². The number of rotatable bonds is 6. The lowest BCUT2D eigenvalue weighted by atomic mass is 10.1. The van der Waals surface area contributed by atoms with Gasteiger partial charge in [0.1, 0.15) is 0 Å². The fourth-order valence-electron chi connectivity index (χ4n) is 1.32. The van der Waals surface area contributed by atoms with Gasteiger partial charge in [0.2, 0.25) is 0 Å². The van der Waals surface area contributed by atoms with Crippen molar-refractivity contribution in [3.63, 3.8) is 0 Å². The third-order valence-corrected chi connectivity index (χ3v) is 2.84. The largest absolute Gasteiger partial charge is 0.352 e. The molecule has 1 aromatic carbocycles. The average molecular weight is 237 g/mol. The highest BCUT2D eigenvalue weighted by Crippen LogP contribution is 2.05. The summed E-state index contributed by atoms with van der Waals surface area (Å²) in [7, 11) is 0. The third kappa shape index (κ3) is 3.70. The first-order valence-electron chi connectivity index (χ1n) is 5.11. The fraction of sp³-hybridized carbons (Fsp3) is 0.333. The molecule has 1 rings (SSSR count). The number of carbonyl (C=O) groups is 2. The summed E-state index contributed by atoms with van der Waals surface area (Å²) in [6, 6.07) is 6.80. The van der Waals surface area contributed by atoms with Crippen molar-refractivity contribution in [3.05, 3.63) is 35.4 Å². The van der Waals surface area contributed by atoms with Gasteiger partial charge in [-0.3, -0.25) is 9.59 Å². The van der Waals surface area contributed by atoms with E-state index in [0.29, 0.717) is 24.0 Å². The molecule has 1 amide bonds. The quantitative estimate of drug-likeness (QED) is 0.608. The molecular formula is C12H15NO2S. The Morgan fingerprint density at radius 2 is 2.19 bits per heavy atom. The molecule has 1 aromatic rings. The second kappa shape index (κ2) is 7.06. The van der Waals surface area contributed by atoms with Gasteiger partial charge >= 0.3 is 0 Å². The number of hydrogen-bond donors (Lipinski definition) is 1. The standard InChI is InChI=1S/C12H15NO2S/c1-16-8-4-7-13-12(15)11-6-3-2-5-10(11)9-14/h2-3,5-6,9H,4,7-8H2,1H3,(H,13,15). The summed E-state index contributed by atoms with van der Waals surface area (Å²) in [6.07, 6.45) is 3.68. The van der Waals surface area contributed by atoms with E-state index in [1.165, 1.54) is 0 Å². The molecule has 0 unspecified atom stereocenters. The summed E-state index contributed by atoms with van der Waals surface area (Å²) < 4.78 is 0. The maximum atomic E-state index is 11.7. The van der Waals surface area contributed by atoms with Crippen LogP contribution >= 0.6 is 11.8 Å². The van der Waals surface area contributed by atoms with Gasteiger partial charge in [-0.2, -0.15) is 11.8 Å². The molecule has 0 aliphatic heterocycles. The molecule has 0 aromatic heterocycles. The molecule has 86 valence electrons. The molecule has 0 heterocycles. The van der Waals surface area contributed by atoms with Crippen LogP contribution in [0.2, 0.25) is 0 Å². The maximum Gasteiger partial charge on any atom is 0.252 e. The summed E-state index contributed by atoms with van der Waals surface area (Å²) in [5, 5.41) is 2.80. The van der Waals surface area contributed by atoms with Crippen molar-refractivity contribution in [1.29, 1.82) is 0 Å². The van der Waals surface area contributed by atoms with E-state index in [-0.39, 0.29) is 5.91 Å². The minimum Gasteiger partial charge on any atom is -0.352 e. The number of aldehydes is 1. The zero-order valence-corrected chi connectivity index (χ0v) is 10.0. The van der Waals surface area contributed by atoms with Crippen LogP contribution in [0.15, 0.2) is 24.3 Å². The van der Waals surface area contributed by atoms with Crippen molar-refractivity contribution >= 4 is 24.0 Å². The minimum atomic E-state index is -0.177. The lowest BCUT2D eigenvalue weighted by molar-refractivity contribution is 0.0948. The van der Waals surface area contributed by atoms with Gasteiger partial charge in [0.15, 0.2) is 6.29 Å². The van der Waals surface area contributed by atoms with Crippen LogP contribution in [0, 0.1) is 0 Å².